The van der Waals surface area contributed by atoms with E-state index in [1.807, 2.05) is 4.90 Å². The molecule has 1 fully saturated rings. The molecule has 19 heavy (non-hydrogen) atoms. The minimum Gasteiger partial charge on any atom is -0.478 e. The van der Waals surface area contributed by atoms with Crippen molar-refractivity contribution in [1.82, 2.24) is 4.98 Å². The first-order valence-electron chi connectivity index (χ1n) is 6.29. The molecule has 0 atom stereocenters. The van der Waals surface area contributed by atoms with E-state index < -0.39 is 5.97 Å². The van der Waals surface area contributed by atoms with Crippen molar-refractivity contribution in [3.05, 3.63) is 23.9 Å². The Morgan fingerprint density at radius 1 is 1.42 bits per heavy atom. The van der Waals surface area contributed by atoms with Crippen molar-refractivity contribution in [2.24, 2.45) is 11.7 Å². The maximum Gasteiger partial charge on any atom is 0.335 e. The summed E-state index contributed by atoms with van der Waals surface area (Å²) in [6.07, 6.45) is 3.69. The smallest absolute Gasteiger partial charge is 0.335 e. The van der Waals surface area contributed by atoms with Crippen LogP contribution in [0.2, 0.25) is 0 Å². The first kappa shape index (κ1) is 13.3. The zero-order valence-electron chi connectivity index (χ0n) is 10.6. The van der Waals surface area contributed by atoms with Crippen LogP contribution >= 0.6 is 0 Å². The van der Waals surface area contributed by atoms with Gasteiger partial charge in [0.25, 0.3) is 0 Å². The minimum atomic E-state index is -0.952. The quantitative estimate of drug-likeness (QED) is 0.840. The molecule has 1 amide bonds. The van der Waals surface area contributed by atoms with Gasteiger partial charge in [-0.05, 0) is 30.9 Å². The van der Waals surface area contributed by atoms with Gasteiger partial charge in [0.15, 0.2) is 0 Å². The van der Waals surface area contributed by atoms with E-state index in [1.165, 1.54) is 12.3 Å². The number of carboxylic acid groups (broad SMARTS) is 1. The highest BCUT2D eigenvalue weighted by atomic mass is 16.4. The molecule has 0 spiro atoms. The predicted octanol–water partition coefficient (Wildman–Crippen LogP) is 0.872. The van der Waals surface area contributed by atoms with Crippen LogP contribution in [0.1, 0.15) is 29.6 Å². The second-order valence-corrected chi connectivity index (χ2v) is 4.81. The summed E-state index contributed by atoms with van der Waals surface area (Å²) < 4.78 is 0. The molecule has 2 heterocycles. The van der Waals surface area contributed by atoms with Crippen LogP contribution in [0.3, 0.4) is 0 Å². The number of carbonyl (C=O) groups excluding carboxylic acids is 1. The average Bonchev–Trinajstić information content (AvgIpc) is 2.39. The van der Waals surface area contributed by atoms with E-state index in [1.54, 1.807) is 6.07 Å². The zero-order valence-corrected chi connectivity index (χ0v) is 10.6. The summed E-state index contributed by atoms with van der Waals surface area (Å²) in [5.74, 6) is -0.203. The van der Waals surface area contributed by atoms with Crippen LogP contribution in [0.5, 0.6) is 0 Å². The number of hydrogen-bond donors (Lipinski definition) is 2. The third kappa shape index (κ3) is 3.43. The molecule has 1 aliphatic heterocycles. The van der Waals surface area contributed by atoms with Gasteiger partial charge >= 0.3 is 5.97 Å². The molecule has 6 nitrogen and oxygen atoms in total. The van der Waals surface area contributed by atoms with Gasteiger partial charge in [-0.2, -0.15) is 0 Å². The number of nitrogens with zero attached hydrogens (tertiary/aromatic N) is 2. The van der Waals surface area contributed by atoms with Crippen LogP contribution in [0.25, 0.3) is 0 Å². The van der Waals surface area contributed by atoms with Crippen LogP contribution in [0.4, 0.5) is 5.82 Å². The third-order valence-corrected chi connectivity index (χ3v) is 3.42. The van der Waals surface area contributed by atoms with Crippen LogP contribution in [-0.4, -0.2) is 35.1 Å². The topological polar surface area (TPSA) is 96.5 Å². The van der Waals surface area contributed by atoms with Gasteiger partial charge in [-0.25, -0.2) is 9.78 Å². The second kappa shape index (κ2) is 5.69. The summed E-state index contributed by atoms with van der Waals surface area (Å²) in [5, 5.41) is 8.95. The van der Waals surface area contributed by atoms with E-state index in [-0.39, 0.29) is 11.5 Å². The highest BCUT2D eigenvalue weighted by Crippen LogP contribution is 2.24. The Bertz CT molecular complexity index is 482. The van der Waals surface area contributed by atoms with Gasteiger partial charge in [-0.3, -0.25) is 4.79 Å². The Morgan fingerprint density at radius 3 is 2.68 bits per heavy atom. The number of carbonyl (C=O) groups is 2. The number of anilines is 1. The molecule has 1 aromatic rings. The number of amides is 1. The van der Waals surface area contributed by atoms with E-state index in [9.17, 15) is 9.59 Å². The highest BCUT2D eigenvalue weighted by molar-refractivity contribution is 5.88. The van der Waals surface area contributed by atoms with Crippen LogP contribution in [0, 0.1) is 5.92 Å². The fourth-order valence-corrected chi connectivity index (χ4v) is 2.38. The van der Waals surface area contributed by atoms with E-state index in [0.717, 1.165) is 25.9 Å². The summed E-state index contributed by atoms with van der Waals surface area (Å²) >= 11 is 0. The number of aromatic carboxylic acids is 1. The summed E-state index contributed by atoms with van der Waals surface area (Å²) in [6, 6.07) is 3.06. The van der Waals surface area contributed by atoms with Gasteiger partial charge in [0.1, 0.15) is 5.82 Å². The van der Waals surface area contributed by atoms with Crippen molar-refractivity contribution in [2.75, 3.05) is 18.0 Å². The van der Waals surface area contributed by atoms with Crippen LogP contribution < -0.4 is 10.6 Å². The van der Waals surface area contributed by atoms with Crippen molar-refractivity contribution in [2.45, 2.75) is 19.3 Å². The predicted molar refractivity (Wildman–Crippen MR) is 69.9 cm³/mol. The minimum absolute atomic E-state index is 0.240. The average molecular weight is 263 g/mol. The molecule has 1 aliphatic rings. The second-order valence-electron chi connectivity index (χ2n) is 4.81. The molecular weight excluding hydrogens is 246 g/mol. The Kier molecular flexibility index (Phi) is 3.99. The number of piperidine rings is 1. The molecular formula is C13H17N3O3. The number of carboxylic acids is 1. The van der Waals surface area contributed by atoms with Gasteiger partial charge < -0.3 is 15.7 Å². The third-order valence-electron chi connectivity index (χ3n) is 3.42. The molecule has 0 aromatic carbocycles. The fraction of sp³-hybridized carbons (Fsp3) is 0.462. The number of rotatable bonds is 4. The summed E-state index contributed by atoms with van der Waals surface area (Å²) in [5.41, 5.74) is 5.43. The molecule has 0 radical (unpaired) electrons. The molecule has 2 rings (SSSR count). The van der Waals surface area contributed by atoms with Crippen LogP contribution in [-0.2, 0) is 4.79 Å². The molecule has 3 N–H and O–H groups in total. The summed E-state index contributed by atoms with van der Waals surface area (Å²) in [4.78, 5) is 28.0. The van der Waals surface area contributed by atoms with Gasteiger partial charge in [0, 0.05) is 25.7 Å². The maximum absolute atomic E-state index is 10.9. The fourth-order valence-electron chi connectivity index (χ4n) is 2.38. The number of pyridine rings is 1. The molecule has 1 aromatic heterocycles. The lowest BCUT2D eigenvalue weighted by Gasteiger charge is -2.32. The molecule has 1 saturated heterocycles. The number of nitrogens with two attached hydrogens (primary N) is 1. The summed E-state index contributed by atoms with van der Waals surface area (Å²) in [7, 11) is 0. The lowest BCUT2D eigenvalue weighted by molar-refractivity contribution is -0.119. The van der Waals surface area contributed by atoms with Gasteiger partial charge in [-0.15, -0.1) is 0 Å². The lowest BCUT2D eigenvalue weighted by atomic mass is 9.93. The monoisotopic (exact) mass is 263 g/mol. The molecule has 102 valence electrons. The Morgan fingerprint density at radius 2 is 2.11 bits per heavy atom. The molecule has 6 heteroatoms. The number of hydrogen-bond acceptors (Lipinski definition) is 4. The number of aromatic nitrogens is 1. The van der Waals surface area contributed by atoms with E-state index in [4.69, 9.17) is 10.8 Å². The zero-order chi connectivity index (χ0) is 13.8. The summed E-state index contributed by atoms with van der Waals surface area (Å²) in [6.45, 7) is 1.54. The first-order valence-corrected chi connectivity index (χ1v) is 6.29. The maximum atomic E-state index is 10.9. The van der Waals surface area contributed by atoms with Crippen molar-refractivity contribution in [1.29, 1.82) is 0 Å². The number of primary amides is 1. The molecule has 0 bridgehead atoms. The van der Waals surface area contributed by atoms with Crippen molar-refractivity contribution >= 4 is 17.7 Å². The van der Waals surface area contributed by atoms with E-state index >= 15 is 0 Å². The Hall–Kier alpha value is -2.11. The molecule has 0 saturated carbocycles. The van der Waals surface area contributed by atoms with Gasteiger partial charge in [0.05, 0.1) is 5.56 Å². The lowest BCUT2D eigenvalue weighted by Crippen LogP contribution is -2.35. The molecule has 0 aliphatic carbocycles. The van der Waals surface area contributed by atoms with Crippen molar-refractivity contribution in [3.8, 4) is 0 Å². The molecule has 0 unspecified atom stereocenters. The van der Waals surface area contributed by atoms with E-state index in [2.05, 4.69) is 4.98 Å². The van der Waals surface area contributed by atoms with Crippen molar-refractivity contribution in [3.63, 3.8) is 0 Å². The highest BCUT2D eigenvalue weighted by Gasteiger charge is 2.21. The van der Waals surface area contributed by atoms with Gasteiger partial charge in [0.2, 0.25) is 5.91 Å². The van der Waals surface area contributed by atoms with Crippen molar-refractivity contribution < 1.29 is 14.7 Å². The standard InChI is InChI=1S/C13H17N3O3/c14-11(17)7-9-2-5-16(6-3-9)12-8-10(13(18)19)1-4-15-12/h1,4,8-9H,2-3,5-7H2,(H2,14,17)(H,18,19). The first-order chi connectivity index (χ1) is 9.06. The Balaban J connectivity index is 1.99. The Labute approximate surface area is 111 Å². The largest absolute Gasteiger partial charge is 0.478 e. The van der Waals surface area contributed by atoms with Gasteiger partial charge in [-0.1, -0.05) is 0 Å². The SMILES string of the molecule is NC(=O)CC1CCN(c2cc(C(=O)O)ccn2)CC1. The normalized spacial score (nSPS) is 16.3. The van der Waals surface area contributed by atoms with E-state index in [0.29, 0.717) is 18.2 Å². The van der Waals surface area contributed by atoms with Crippen LogP contribution in [0.15, 0.2) is 18.3 Å².